The number of aryl methyl sites for hydroxylation is 1. The summed E-state index contributed by atoms with van der Waals surface area (Å²) in [6.45, 7) is 4.75. The summed E-state index contributed by atoms with van der Waals surface area (Å²) in [5, 5.41) is 2.80. The van der Waals surface area contributed by atoms with Gasteiger partial charge in [0.25, 0.3) is 17.1 Å². The predicted molar refractivity (Wildman–Crippen MR) is 154 cm³/mol. The second-order valence-electron chi connectivity index (χ2n) is 8.92. The fourth-order valence-corrected chi connectivity index (χ4v) is 5.66. The van der Waals surface area contributed by atoms with Gasteiger partial charge in [-0.3, -0.25) is 24.1 Å². The number of benzene rings is 2. The molecule has 2 fully saturated rings. The molecule has 0 bridgehead atoms. The van der Waals surface area contributed by atoms with E-state index in [1.165, 1.54) is 0 Å². The van der Waals surface area contributed by atoms with Crippen LogP contribution in [0.5, 0.6) is 11.5 Å². The van der Waals surface area contributed by atoms with Crippen LogP contribution in [0.1, 0.15) is 30.9 Å². The van der Waals surface area contributed by atoms with Gasteiger partial charge in [0.1, 0.15) is 6.54 Å². The summed E-state index contributed by atoms with van der Waals surface area (Å²) in [5.74, 6) is -0.457. The Morgan fingerprint density at radius 1 is 1.15 bits per heavy atom. The van der Waals surface area contributed by atoms with Crippen molar-refractivity contribution >= 4 is 74.0 Å². The van der Waals surface area contributed by atoms with Gasteiger partial charge in [-0.2, -0.15) is 0 Å². The lowest BCUT2D eigenvalue weighted by Gasteiger charge is -2.18. The predicted octanol–water partition coefficient (Wildman–Crippen LogP) is 5.49. The van der Waals surface area contributed by atoms with Crippen LogP contribution in [0.2, 0.25) is 5.02 Å². The Bertz CT molecular complexity index is 1350. The van der Waals surface area contributed by atoms with Gasteiger partial charge in [0.15, 0.2) is 18.1 Å². The Hall–Kier alpha value is -3.02. The third kappa shape index (κ3) is 7.14. The van der Waals surface area contributed by atoms with Crippen molar-refractivity contribution < 1.29 is 28.7 Å². The van der Waals surface area contributed by atoms with Crippen LogP contribution in [0.15, 0.2) is 39.7 Å². The Morgan fingerprint density at radius 3 is 2.59 bits per heavy atom. The standard InChI is InChI=1S/C27H27BrClN3O6S/c1-3-37-21-11-17(12-22-26(35)32(27(36)39-22)14-24(34)31-8-4-5-9-31)10-19(28)25(21)38-15-23(33)30-18-7-6-16(2)20(29)13-18/h6-7,10-13H,3-5,8-9,14-15H2,1-2H3,(H,30,33)/b22-12-. The Kier molecular flexibility index (Phi) is 9.58. The van der Waals surface area contributed by atoms with E-state index in [4.69, 9.17) is 21.1 Å². The number of carbonyl (C=O) groups is 4. The maximum atomic E-state index is 12.9. The molecular formula is C27H27BrClN3O6S. The van der Waals surface area contributed by atoms with Gasteiger partial charge in [-0.25, -0.2) is 0 Å². The zero-order valence-corrected chi connectivity index (χ0v) is 24.6. The summed E-state index contributed by atoms with van der Waals surface area (Å²) < 4.78 is 12.0. The molecule has 0 aromatic heterocycles. The number of rotatable bonds is 9. The fraction of sp³-hybridized carbons (Fsp3) is 0.333. The van der Waals surface area contributed by atoms with E-state index >= 15 is 0 Å². The van der Waals surface area contributed by atoms with Gasteiger partial charge in [-0.05, 0) is 95.8 Å². The van der Waals surface area contributed by atoms with Crippen LogP contribution in [0.25, 0.3) is 6.08 Å². The third-order valence-electron chi connectivity index (χ3n) is 6.06. The normalized spacial score (nSPS) is 16.3. The summed E-state index contributed by atoms with van der Waals surface area (Å²) in [6.07, 6.45) is 3.42. The van der Waals surface area contributed by atoms with Crippen LogP contribution in [0.4, 0.5) is 10.5 Å². The Morgan fingerprint density at radius 2 is 1.90 bits per heavy atom. The van der Waals surface area contributed by atoms with E-state index in [9.17, 15) is 19.2 Å². The molecule has 4 amide bonds. The highest BCUT2D eigenvalue weighted by molar-refractivity contribution is 9.10. The van der Waals surface area contributed by atoms with E-state index in [2.05, 4.69) is 21.2 Å². The molecule has 1 N–H and O–H groups in total. The first-order chi connectivity index (χ1) is 18.7. The molecule has 2 aromatic carbocycles. The summed E-state index contributed by atoms with van der Waals surface area (Å²) in [5.41, 5.74) is 2.03. The van der Waals surface area contributed by atoms with Crippen molar-refractivity contribution in [2.45, 2.75) is 26.7 Å². The quantitative estimate of drug-likeness (QED) is 0.363. The van der Waals surface area contributed by atoms with Crippen LogP contribution in [0, 0.1) is 6.92 Å². The van der Waals surface area contributed by atoms with Crippen molar-refractivity contribution in [2.24, 2.45) is 0 Å². The van der Waals surface area contributed by atoms with Crippen molar-refractivity contribution in [3.63, 3.8) is 0 Å². The molecule has 9 nitrogen and oxygen atoms in total. The highest BCUT2D eigenvalue weighted by Crippen LogP contribution is 2.39. The number of anilines is 1. The molecule has 0 radical (unpaired) electrons. The molecule has 0 saturated carbocycles. The molecule has 2 aromatic rings. The molecule has 2 heterocycles. The van der Waals surface area contributed by atoms with E-state index < -0.39 is 11.1 Å². The van der Waals surface area contributed by atoms with Crippen LogP contribution in [-0.4, -0.2) is 65.6 Å². The minimum atomic E-state index is -0.514. The van der Waals surface area contributed by atoms with Gasteiger partial charge in [0.05, 0.1) is 16.0 Å². The number of carbonyl (C=O) groups excluding carboxylic acids is 4. The second-order valence-corrected chi connectivity index (χ2v) is 11.2. The van der Waals surface area contributed by atoms with Crippen LogP contribution >= 0.6 is 39.3 Å². The molecule has 2 saturated heterocycles. The molecule has 2 aliphatic rings. The molecule has 4 rings (SSSR count). The molecule has 39 heavy (non-hydrogen) atoms. The number of nitrogens with zero attached hydrogens (tertiary/aromatic N) is 2. The molecular weight excluding hydrogens is 610 g/mol. The van der Waals surface area contributed by atoms with Crippen molar-refractivity contribution in [3.05, 3.63) is 55.9 Å². The first-order valence-electron chi connectivity index (χ1n) is 12.3. The van der Waals surface area contributed by atoms with Gasteiger partial charge in [0.2, 0.25) is 5.91 Å². The number of nitrogens with one attached hydrogen (secondary N) is 1. The topological polar surface area (TPSA) is 105 Å². The Labute approximate surface area is 243 Å². The number of likely N-dealkylation sites (tertiary alicyclic amines) is 1. The minimum Gasteiger partial charge on any atom is -0.490 e. The maximum absolute atomic E-state index is 12.9. The van der Waals surface area contributed by atoms with Crippen molar-refractivity contribution in [2.75, 3.05) is 38.2 Å². The van der Waals surface area contributed by atoms with Crippen molar-refractivity contribution in [1.29, 1.82) is 0 Å². The van der Waals surface area contributed by atoms with E-state index in [1.807, 2.05) is 6.92 Å². The van der Waals surface area contributed by atoms with Gasteiger partial charge < -0.3 is 19.7 Å². The molecule has 0 spiro atoms. The molecule has 206 valence electrons. The zero-order valence-electron chi connectivity index (χ0n) is 21.4. The van der Waals surface area contributed by atoms with Crippen LogP contribution in [0.3, 0.4) is 0 Å². The monoisotopic (exact) mass is 635 g/mol. The lowest BCUT2D eigenvalue weighted by atomic mass is 10.2. The third-order valence-corrected chi connectivity index (χ3v) is 7.96. The van der Waals surface area contributed by atoms with Gasteiger partial charge in [-0.15, -0.1) is 0 Å². The smallest absolute Gasteiger partial charge is 0.294 e. The number of hydrogen-bond acceptors (Lipinski definition) is 7. The first kappa shape index (κ1) is 29.0. The minimum absolute atomic E-state index is 0.202. The van der Waals surface area contributed by atoms with Gasteiger partial charge in [-0.1, -0.05) is 17.7 Å². The van der Waals surface area contributed by atoms with Crippen molar-refractivity contribution in [1.82, 2.24) is 9.80 Å². The number of thioether (sulfide) groups is 1. The fourth-order valence-electron chi connectivity index (χ4n) is 4.07. The molecule has 0 atom stereocenters. The number of halogens is 2. The number of ether oxygens (including phenoxy) is 2. The molecule has 12 heteroatoms. The van der Waals surface area contributed by atoms with Crippen LogP contribution < -0.4 is 14.8 Å². The van der Waals surface area contributed by atoms with Gasteiger partial charge >= 0.3 is 0 Å². The number of imide groups is 1. The summed E-state index contributed by atoms with van der Waals surface area (Å²) in [4.78, 5) is 53.2. The van der Waals surface area contributed by atoms with E-state index in [1.54, 1.807) is 48.2 Å². The SMILES string of the molecule is CCOc1cc(/C=C2\SC(=O)N(CC(=O)N3CCCC3)C2=O)cc(Br)c1OCC(=O)Nc1ccc(C)c(Cl)c1. The number of hydrogen-bond donors (Lipinski definition) is 1. The van der Waals surface area contributed by atoms with E-state index in [0.29, 0.717) is 51.9 Å². The molecule has 2 aliphatic heterocycles. The van der Waals surface area contributed by atoms with E-state index in [-0.39, 0.29) is 29.9 Å². The van der Waals surface area contributed by atoms with Gasteiger partial charge in [0, 0.05) is 23.8 Å². The van der Waals surface area contributed by atoms with Crippen molar-refractivity contribution in [3.8, 4) is 11.5 Å². The average Bonchev–Trinajstić information content (AvgIpc) is 3.51. The molecule has 0 unspecified atom stereocenters. The zero-order chi connectivity index (χ0) is 28.1. The largest absolute Gasteiger partial charge is 0.490 e. The summed E-state index contributed by atoms with van der Waals surface area (Å²) in [6, 6.07) is 8.57. The van der Waals surface area contributed by atoms with Crippen LogP contribution in [-0.2, 0) is 14.4 Å². The lowest BCUT2D eigenvalue weighted by molar-refractivity contribution is -0.135. The maximum Gasteiger partial charge on any atom is 0.294 e. The number of amides is 4. The summed E-state index contributed by atoms with van der Waals surface area (Å²) >= 11 is 10.4. The Balaban J connectivity index is 1.45. The highest BCUT2D eigenvalue weighted by Gasteiger charge is 2.37. The molecule has 0 aliphatic carbocycles. The second kappa shape index (κ2) is 12.9. The first-order valence-corrected chi connectivity index (χ1v) is 14.3. The summed E-state index contributed by atoms with van der Waals surface area (Å²) in [7, 11) is 0. The van der Waals surface area contributed by atoms with E-state index in [0.717, 1.165) is 35.1 Å². The average molecular weight is 637 g/mol. The highest BCUT2D eigenvalue weighted by atomic mass is 79.9. The lowest BCUT2D eigenvalue weighted by Crippen LogP contribution is -2.40.